The van der Waals surface area contributed by atoms with Gasteiger partial charge in [0.25, 0.3) is 5.91 Å². The summed E-state index contributed by atoms with van der Waals surface area (Å²) in [5.74, 6) is -0.319. The second-order valence-corrected chi connectivity index (χ2v) is 4.85. The number of pyridine rings is 2. The molecule has 0 radical (unpaired) electrons. The fraction of sp³-hybridized carbons (Fsp3) is 0.118. The minimum atomic E-state index is -0.319. The first-order chi connectivity index (χ1) is 10.8. The molecule has 0 unspecified atom stereocenters. The Labute approximate surface area is 127 Å². The highest BCUT2D eigenvalue weighted by Crippen LogP contribution is 2.18. The molecule has 0 aliphatic rings. The van der Waals surface area contributed by atoms with Crippen molar-refractivity contribution in [1.29, 1.82) is 0 Å². The summed E-state index contributed by atoms with van der Waals surface area (Å²) in [5, 5.41) is 13.2. The van der Waals surface area contributed by atoms with Gasteiger partial charge in [-0.1, -0.05) is 30.3 Å². The number of carbonyl (C=O) groups is 1. The number of fused-ring (bicyclic) bond motifs is 1. The number of rotatable bonds is 4. The van der Waals surface area contributed by atoms with E-state index in [2.05, 4.69) is 15.3 Å². The van der Waals surface area contributed by atoms with E-state index < -0.39 is 0 Å². The van der Waals surface area contributed by atoms with Crippen LogP contribution in [-0.2, 0) is 13.2 Å². The van der Waals surface area contributed by atoms with Gasteiger partial charge in [0.1, 0.15) is 5.69 Å². The smallest absolute Gasteiger partial charge is 0.270 e. The quantitative estimate of drug-likeness (QED) is 0.772. The lowest BCUT2D eigenvalue weighted by Crippen LogP contribution is -2.25. The van der Waals surface area contributed by atoms with Crippen LogP contribution in [0.25, 0.3) is 10.9 Å². The standard InChI is InChI=1S/C17H15N3O2/c21-11-14-15-13(7-4-8-18-15)10-19-16(14)17(22)20-9-12-5-2-1-3-6-12/h1-8,10,21H,9,11H2,(H,20,22). The Hall–Kier alpha value is -2.79. The summed E-state index contributed by atoms with van der Waals surface area (Å²) < 4.78 is 0. The van der Waals surface area contributed by atoms with Gasteiger partial charge in [0, 0.05) is 29.9 Å². The van der Waals surface area contributed by atoms with E-state index in [1.165, 1.54) is 0 Å². The predicted octanol–water partition coefficient (Wildman–Crippen LogP) is 2.05. The van der Waals surface area contributed by atoms with E-state index in [-0.39, 0.29) is 18.2 Å². The van der Waals surface area contributed by atoms with Gasteiger partial charge in [-0.2, -0.15) is 0 Å². The molecule has 5 heteroatoms. The lowest BCUT2D eigenvalue weighted by molar-refractivity contribution is 0.0943. The molecule has 0 bridgehead atoms. The minimum absolute atomic E-state index is 0.213. The number of amides is 1. The van der Waals surface area contributed by atoms with E-state index >= 15 is 0 Å². The normalized spacial score (nSPS) is 10.6. The Balaban J connectivity index is 1.87. The third-order valence-electron chi connectivity index (χ3n) is 3.41. The Bertz CT molecular complexity index is 803. The summed E-state index contributed by atoms with van der Waals surface area (Å²) in [6.45, 7) is 0.127. The number of aliphatic hydroxyl groups excluding tert-OH is 1. The van der Waals surface area contributed by atoms with Crippen molar-refractivity contribution < 1.29 is 9.90 Å². The first kappa shape index (κ1) is 14.2. The molecule has 3 rings (SSSR count). The molecule has 2 N–H and O–H groups in total. The molecule has 0 spiro atoms. The van der Waals surface area contributed by atoms with Gasteiger partial charge >= 0.3 is 0 Å². The summed E-state index contributed by atoms with van der Waals surface area (Å²) in [6.07, 6.45) is 3.23. The van der Waals surface area contributed by atoms with Gasteiger partial charge in [0.2, 0.25) is 0 Å². The van der Waals surface area contributed by atoms with Crippen molar-refractivity contribution in [2.75, 3.05) is 0 Å². The maximum absolute atomic E-state index is 12.3. The molecule has 0 atom stereocenters. The van der Waals surface area contributed by atoms with Crippen LogP contribution in [0, 0.1) is 0 Å². The Morgan fingerprint density at radius 3 is 2.68 bits per heavy atom. The van der Waals surface area contributed by atoms with Crippen molar-refractivity contribution in [1.82, 2.24) is 15.3 Å². The first-order valence-electron chi connectivity index (χ1n) is 6.95. The Morgan fingerprint density at radius 1 is 1.09 bits per heavy atom. The second kappa shape index (κ2) is 6.32. The highest BCUT2D eigenvalue weighted by Gasteiger charge is 2.16. The molecule has 22 heavy (non-hydrogen) atoms. The number of aromatic nitrogens is 2. The first-order valence-corrected chi connectivity index (χ1v) is 6.95. The van der Waals surface area contributed by atoms with Crippen LogP contribution in [-0.4, -0.2) is 21.0 Å². The number of carbonyl (C=O) groups excluding carboxylic acids is 1. The third-order valence-corrected chi connectivity index (χ3v) is 3.41. The number of aliphatic hydroxyl groups is 1. The topological polar surface area (TPSA) is 75.1 Å². The highest BCUT2D eigenvalue weighted by atomic mass is 16.3. The molecular formula is C17H15N3O2. The number of hydrogen-bond donors (Lipinski definition) is 2. The van der Waals surface area contributed by atoms with Crippen LogP contribution < -0.4 is 5.32 Å². The zero-order valence-electron chi connectivity index (χ0n) is 11.9. The summed E-state index contributed by atoms with van der Waals surface area (Å²) in [4.78, 5) is 20.7. The maximum Gasteiger partial charge on any atom is 0.270 e. The van der Waals surface area contributed by atoms with Gasteiger partial charge in [-0.3, -0.25) is 9.78 Å². The van der Waals surface area contributed by atoms with Crippen LogP contribution in [0.5, 0.6) is 0 Å². The van der Waals surface area contributed by atoms with Crippen molar-refractivity contribution in [3.05, 3.63) is 71.7 Å². The molecule has 0 aliphatic carbocycles. The lowest BCUT2D eigenvalue weighted by atomic mass is 10.1. The number of hydrogen-bond acceptors (Lipinski definition) is 4. The van der Waals surface area contributed by atoms with Gasteiger partial charge < -0.3 is 10.4 Å². The van der Waals surface area contributed by atoms with Crippen LogP contribution in [0.2, 0.25) is 0 Å². The van der Waals surface area contributed by atoms with E-state index in [1.807, 2.05) is 36.4 Å². The number of benzene rings is 1. The van der Waals surface area contributed by atoms with Crippen molar-refractivity contribution in [3.63, 3.8) is 0 Å². The van der Waals surface area contributed by atoms with Crippen LogP contribution in [0.1, 0.15) is 21.6 Å². The van der Waals surface area contributed by atoms with Gasteiger partial charge in [0.15, 0.2) is 0 Å². The van der Waals surface area contributed by atoms with Crippen molar-refractivity contribution >= 4 is 16.8 Å². The van der Waals surface area contributed by atoms with E-state index in [1.54, 1.807) is 18.5 Å². The average molecular weight is 293 g/mol. The Morgan fingerprint density at radius 2 is 1.91 bits per heavy atom. The van der Waals surface area contributed by atoms with Gasteiger partial charge in [-0.05, 0) is 17.7 Å². The molecule has 0 saturated carbocycles. The zero-order chi connectivity index (χ0) is 15.4. The molecule has 2 heterocycles. The average Bonchev–Trinajstić information content (AvgIpc) is 2.59. The molecule has 5 nitrogen and oxygen atoms in total. The highest BCUT2D eigenvalue weighted by molar-refractivity contribution is 5.98. The summed E-state index contributed by atoms with van der Waals surface area (Å²) in [5.41, 5.74) is 2.26. The monoisotopic (exact) mass is 293 g/mol. The number of nitrogens with one attached hydrogen (secondary N) is 1. The van der Waals surface area contributed by atoms with E-state index in [4.69, 9.17) is 0 Å². The molecule has 3 aromatic rings. The van der Waals surface area contributed by atoms with Gasteiger partial charge in [0.05, 0.1) is 12.1 Å². The lowest BCUT2D eigenvalue weighted by Gasteiger charge is -2.10. The molecular weight excluding hydrogens is 278 g/mol. The van der Waals surface area contributed by atoms with E-state index in [0.29, 0.717) is 17.6 Å². The fourth-order valence-electron chi connectivity index (χ4n) is 2.31. The molecule has 0 saturated heterocycles. The molecule has 1 aromatic carbocycles. The summed E-state index contributed by atoms with van der Waals surface area (Å²) in [7, 11) is 0. The predicted molar refractivity (Wildman–Crippen MR) is 83.1 cm³/mol. The van der Waals surface area contributed by atoms with Crippen LogP contribution in [0.4, 0.5) is 0 Å². The summed E-state index contributed by atoms with van der Waals surface area (Å²) >= 11 is 0. The van der Waals surface area contributed by atoms with Gasteiger partial charge in [-0.15, -0.1) is 0 Å². The van der Waals surface area contributed by atoms with E-state index in [9.17, 15) is 9.90 Å². The molecule has 0 fully saturated rings. The summed E-state index contributed by atoms with van der Waals surface area (Å²) in [6, 6.07) is 13.3. The van der Waals surface area contributed by atoms with Crippen LogP contribution in [0.15, 0.2) is 54.9 Å². The van der Waals surface area contributed by atoms with Crippen LogP contribution >= 0.6 is 0 Å². The minimum Gasteiger partial charge on any atom is -0.392 e. The fourth-order valence-corrected chi connectivity index (χ4v) is 2.31. The van der Waals surface area contributed by atoms with Crippen LogP contribution in [0.3, 0.4) is 0 Å². The third kappa shape index (κ3) is 2.80. The molecule has 1 amide bonds. The van der Waals surface area contributed by atoms with Crippen molar-refractivity contribution in [2.45, 2.75) is 13.2 Å². The molecule has 0 aliphatic heterocycles. The molecule has 2 aromatic heterocycles. The van der Waals surface area contributed by atoms with E-state index in [0.717, 1.165) is 10.9 Å². The number of nitrogens with zero attached hydrogens (tertiary/aromatic N) is 2. The van der Waals surface area contributed by atoms with Crippen molar-refractivity contribution in [2.24, 2.45) is 0 Å². The van der Waals surface area contributed by atoms with Gasteiger partial charge in [-0.25, -0.2) is 4.98 Å². The SMILES string of the molecule is O=C(NCc1ccccc1)c1ncc2cccnc2c1CO. The van der Waals surface area contributed by atoms with Crippen molar-refractivity contribution in [3.8, 4) is 0 Å². The largest absolute Gasteiger partial charge is 0.392 e. The second-order valence-electron chi connectivity index (χ2n) is 4.85. The maximum atomic E-state index is 12.3. The zero-order valence-corrected chi connectivity index (χ0v) is 11.9. The Kier molecular flexibility index (Phi) is 4.07. The molecule has 110 valence electrons.